The number of esters is 1. The molecule has 6 rings (SSSR count). The second kappa shape index (κ2) is 8.54. The van der Waals surface area contributed by atoms with Crippen molar-refractivity contribution in [3.8, 4) is 11.5 Å². The van der Waals surface area contributed by atoms with Crippen molar-refractivity contribution in [2.45, 2.75) is 51.9 Å². The van der Waals surface area contributed by atoms with Gasteiger partial charge in [0, 0.05) is 57.0 Å². The van der Waals surface area contributed by atoms with Gasteiger partial charge in [-0.2, -0.15) is 0 Å². The van der Waals surface area contributed by atoms with E-state index in [9.17, 15) is 9.90 Å². The number of hydrogen-bond acceptors (Lipinski definition) is 7. The summed E-state index contributed by atoms with van der Waals surface area (Å²) >= 11 is 0. The van der Waals surface area contributed by atoms with Crippen LogP contribution < -0.4 is 9.47 Å². The van der Waals surface area contributed by atoms with Gasteiger partial charge < -0.3 is 19.3 Å². The highest BCUT2D eigenvalue weighted by atomic mass is 16.7. The molecule has 2 aliphatic carbocycles. The van der Waals surface area contributed by atoms with Crippen LogP contribution in [-0.4, -0.2) is 72.6 Å². The van der Waals surface area contributed by atoms with Gasteiger partial charge in [-0.3, -0.25) is 14.6 Å². The Bertz CT molecular complexity index is 987. The molecule has 0 bridgehead atoms. The van der Waals surface area contributed by atoms with Crippen LogP contribution in [0.3, 0.4) is 0 Å². The topological polar surface area (TPSA) is 71.5 Å². The molecule has 3 heterocycles. The maximum atomic E-state index is 12.9. The summed E-state index contributed by atoms with van der Waals surface area (Å²) in [4.78, 5) is 17.8. The van der Waals surface area contributed by atoms with Crippen LogP contribution in [0.25, 0.3) is 0 Å². The summed E-state index contributed by atoms with van der Waals surface area (Å²) in [6, 6.07) is 6.16. The lowest BCUT2D eigenvalue weighted by molar-refractivity contribution is -0.145. The Morgan fingerprint density at radius 1 is 1.12 bits per heavy atom. The molecule has 2 saturated heterocycles. The molecule has 0 spiro atoms. The van der Waals surface area contributed by atoms with Crippen LogP contribution in [0.15, 0.2) is 29.8 Å². The van der Waals surface area contributed by atoms with E-state index in [0.29, 0.717) is 19.3 Å². The van der Waals surface area contributed by atoms with Crippen LogP contribution in [0.4, 0.5) is 0 Å². The molecule has 5 aliphatic rings. The van der Waals surface area contributed by atoms with Crippen molar-refractivity contribution in [2.24, 2.45) is 23.2 Å². The van der Waals surface area contributed by atoms with Crippen LogP contribution in [0, 0.1) is 23.2 Å². The average molecular weight is 469 g/mol. The smallest absolute Gasteiger partial charge is 0.311 e. The van der Waals surface area contributed by atoms with E-state index in [2.05, 4.69) is 41.9 Å². The Hall–Kier alpha value is -2.09. The first kappa shape index (κ1) is 22.4. The first-order chi connectivity index (χ1) is 16.4. The molecule has 1 aromatic rings. The highest BCUT2D eigenvalue weighted by molar-refractivity contribution is 5.76. The zero-order valence-electron chi connectivity index (χ0n) is 20.2. The number of fused-ring (bicyclic) bond motifs is 3. The van der Waals surface area contributed by atoms with Gasteiger partial charge in [0.2, 0.25) is 6.79 Å². The van der Waals surface area contributed by atoms with E-state index in [-0.39, 0.29) is 29.3 Å². The van der Waals surface area contributed by atoms with Crippen LogP contribution in [0.2, 0.25) is 0 Å². The monoisotopic (exact) mass is 468 g/mol. The summed E-state index contributed by atoms with van der Waals surface area (Å²) in [6.45, 7) is 10.1. The van der Waals surface area contributed by atoms with Crippen molar-refractivity contribution >= 4 is 5.97 Å². The van der Waals surface area contributed by atoms with E-state index < -0.39 is 6.10 Å². The fraction of sp³-hybridized carbons (Fsp3) is 0.667. The average Bonchev–Trinajstić information content (AvgIpc) is 3.41. The van der Waals surface area contributed by atoms with Gasteiger partial charge in [-0.1, -0.05) is 31.6 Å². The van der Waals surface area contributed by atoms with Crippen molar-refractivity contribution in [1.82, 2.24) is 9.80 Å². The molecule has 1 N–H and O–H groups in total. The highest BCUT2D eigenvalue weighted by Gasteiger charge is 2.59. The summed E-state index contributed by atoms with van der Waals surface area (Å²) in [5, 5.41) is 11.6. The van der Waals surface area contributed by atoms with Crippen LogP contribution in [-0.2, 0) is 16.1 Å². The van der Waals surface area contributed by atoms with E-state index in [4.69, 9.17) is 14.2 Å². The van der Waals surface area contributed by atoms with Crippen molar-refractivity contribution in [1.29, 1.82) is 0 Å². The van der Waals surface area contributed by atoms with E-state index >= 15 is 0 Å². The molecule has 7 nitrogen and oxygen atoms in total. The number of carbonyl (C=O) groups excluding carboxylic acids is 1. The molecule has 7 heteroatoms. The molecule has 3 aliphatic heterocycles. The number of hydrogen-bond donors (Lipinski definition) is 1. The molecule has 0 aromatic heterocycles. The lowest BCUT2D eigenvalue weighted by Crippen LogP contribution is -2.55. The van der Waals surface area contributed by atoms with Gasteiger partial charge in [-0.05, 0) is 36.5 Å². The molecule has 0 radical (unpaired) electrons. The summed E-state index contributed by atoms with van der Waals surface area (Å²) in [7, 11) is 0. The molecule has 184 valence electrons. The van der Waals surface area contributed by atoms with Crippen molar-refractivity contribution in [3.05, 3.63) is 35.4 Å². The van der Waals surface area contributed by atoms with Gasteiger partial charge in [-0.25, -0.2) is 0 Å². The molecule has 3 fully saturated rings. The van der Waals surface area contributed by atoms with E-state index in [1.807, 2.05) is 6.07 Å². The Balaban J connectivity index is 1.09. The predicted molar refractivity (Wildman–Crippen MR) is 126 cm³/mol. The third kappa shape index (κ3) is 3.64. The van der Waals surface area contributed by atoms with Crippen LogP contribution in [0.1, 0.15) is 38.7 Å². The quantitative estimate of drug-likeness (QED) is 0.538. The largest absolute Gasteiger partial charge is 0.461 e. The minimum Gasteiger partial charge on any atom is -0.461 e. The number of aliphatic hydroxyl groups excluding tert-OH is 1. The third-order valence-electron chi connectivity index (χ3n) is 9.33. The fourth-order valence-electron chi connectivity index (χ4n) is 6.98. The fourth-order valence-corrected chi connectivity index (χ4v) is 6.98. The number of ether oxygens (including phenoxy) is 3. The van der Waals surface area contributed by atoms with Crippen molar-refractivity contribution in [2.75, 3.05) is 39.5 Å². The number of piperazine rings is 1. The van der Waals surface area contributed by atoms with Gasteiger partial charge in [-0.15, -0.1) is 0 Å². The van der Waals surface area contributed by atoms with E-state index in [1.54, 1.807) is 0 Å². The number of carbonyl (C=O) groups is 1. The highest BCUT2D eigenvalue weighted by Crippen LogP contribution is 2.56. The first-order valence-electron chi connectivity index (χ1n) is 12.8. The van der Waals surface area contributed by atoms with Gasteiger partial charge in [0.15, 0.2) is 11.5 Å². The number of aliphatic hydroxyl groups is 1. The van der Waals surface area contributed by atoms with Crippen LogP contribution >= 0.6 is 0 Å². The van der Waals surface area contributed by atoms with E-state index in [0.717, 1.165) is 63.5 Å². The summed E-state index contributed by atoms with van der Waals surface area (Å²) in [5.41, 5.74) is 2.28. The first-order valence-corrected chi connectivity index (χ1v) is 12.8. The second-order valence-corrected chi connectivity index (χ2v) is 11.1. The second-order valence-electron chi connectivity index (χ2n) is 11.1. The molecule has 6 atom stereocenters. The van der Waals surface area contributed by atoms with Gasteiger partial charge in [0.05, 0.1) is 12.0 Å². The number of benzene rings is 1. The standard InChI is InChI=1S/C27H36N2O5/c1-17-4-3-5-19-13-23-24(25(30)27(17,19)2)20(26(31)34-23)15-29-10-8-28(9-11-29)14-18-6-7-21-22(12-18)33-16-32-21/h5-7,12,17,20,23-25,30H,3-4,8-11,13-16H2,1-2H3/t17-,20-,23+,24+,25-,27+/m0/s1. The minimum atomic E-state index is -0.531. The number of nitrogens with zero attached hydrogens (tertiary/aromatic N) is 2. The minimum absolute atomic E-state index is 0.109. The third-order valence-corrected chi connectivity index (χ3v) is 9.33. The molecule has 1 aromatic carbocycles. The predicted octanol–water partition coefficient (Wildman–Crippen LogP) is 2.82. The van der Waals surface area contributed by atoms with Crippen molar-refractivity contribution in [3.63, 3.8) is 0 Å². The maximum Gasteiger partial charge on any atom is 0.311 e. The SMILES string of the molecule is C[C@H]1CCC=C2C[C@H]3OC(=O)[C@@H](CN4CCN(Cc5ccc6c(c5)OCO6)CC4)[C@H]3[C@H](O)[C@@]21C. The summed E-state index contributed by atoms with van der Waals surface area (Å²) in [6.07, 6.45) is 4.53. The number of rotatable bonds is 4. The van der Waals surface area contributed by atoms with Crippen LogP contribution in [0.5, 0.6) is 11.5 Å². The van der Waals surface area contributed by atoms with Crippen molar-refractivity contribution < 1.29 is 24.1 Å². The lowest BCUT2D eigenvalue weighted by atomic mass is 9.55. The van der Waals surface area contributed by atoms with Gasteiger partial charge >= 0.3 is 5.97 Å². The Kier molecular flexibility index (Phi) is 5.62. The van der Waals surface area contributed by atoms with E-state index in [1.165, 1.54) is 11.1 Å². The molecule has 34 heavy (non-hydrogen) atoms. The molecular weight excluding hydrogens is 432 g/mol. The molecule has 0 unspecified atom stereocenters. The molecule has 0 amide bonds. The Labute approximate surface area is 201 Å². The molecular formula is C27H36N2O5. The number of allylic oxidation sites excluding steroid dienone is 1. The molecule has 1 saturated carbocycles. The Morgan fingerprint density at radius 3 is 2.71 bits per heavy atom. The lowest BCUT2D eigenvalue weighted by Gasteiger charge is -2.52. The summed E-state index contributed by atoms with van der Waals surface area (Å²) in [5.74, 6) is 1.59. The summed E-state index contributed by atoms with van der Waals surface area (Å²) < 4.78 is 16.8. The van der Waals surface area contributed by atoms with Gasteiger partial charge in [0.1, 0.15) is 6.10 Å². The zero-order valence-corrected chi connectivity index (χ0v) is 20.2. The normalized spacial score (nSPS) is 37.7. The maximum absolute atomic E-state index is 12.9. The van der Waals surface area contributed by atoms with Gasteiger partial charge in [0.25, 0.3) is 0 Å². The Morgan fingerprint density at radius 2 is 1.88 bits per heavy atom. The zero-order chi connectivity index (χ0) is 23.4.